The molecule has 1 unspecified atom stereocenters. The molecular formula is C14H25N3O4. The van der Waals surface area contributed by atoms with Gasteiger partial charge in [-0.05, 0) is 25.8 Å². The standard InChI is InChI=1S/C14H25N3O4/c1-2-3-8-15-14(21)16-12(18)10-17-9-6-4-5-7-11(17)13(19)20/h11H,2-10H2,1H3,(H,19,20)(H2,15,16,18,21). The van der Waals surface area contributed by atoms with Crippen LogP contribution in [0.2, 0.25) is 0 Å². The van der Waals surface area contributed by atoms with Crippen molar-refractivity contribution in [2.24, 2.45) is 0 Å². The molecule has 0 bridgehead atoms. The van der Waals surface area contributed by atoms with Crippen molar-refractivity contribution in [3.63, 3.8) is 0 Å². The number of amides is 3. The number of unbranched alkanes of at least 4 members (excludes halogenated alkanes) is 1. The molecule has 1 saturated heterocycles. The lowest BCUT2D eigenvalue weighted by Crippen LogP contribution is -2.49. The van der Waals surface area contributed by atoms with Crippen molar-refractivity contribution in [3.8, 4) is 0 Å². The van der Waals surface area contributed by atoms with Crippen LogP contribution in [0, 0.1) is 0 Å². The van der Waals surface area contributed by atoms with Crippen molar-refractivity contribution >= 4 is 17.9 Å². The van der Waals surface area contributed by atoms with Gasteiger partial charge in [-0.1, -0.05) is 26.2 Å². The summed E-state index contributed by atoms with van der Waals surface area (Å²) in [5.41, 5.74) is 0. The predicted molar refractivity (Wildman–Crippen MR) is 77.9 cm³/mol. The zero-order valence-corrected chi connectivity index (χ0v) is 12.6. The number of hydrogen-bond acceptors (Lipinski definition) is 4. The molecule has 0 aliphatic carbocycles. The van der Waals surface area contributed by atoms with Gasteiger partial charge in [-0.15, -0.1) is 0 Å². The van der Waals surface area contributed by atoms with Crippen LogP contribution in [0.15, 0.2) is 0 Å². The number of rotatable bonds is 6. The van der Waals surface area contributed by atoms with E-state index in [1.807, 2.05) is 6.92 Å². The first kappa shape index (κ1) is 17.4. The fourth-order valence-corrected chi connectivity index (χ4v) is 2.41. The summed E-state index contributed by atoms with van der Waals surface area (Å²) >= 11 is 0. The molecule has 21 heavy (non-hydrogen) atoms. The number of urea groups is 1. The van der Waals surface area contributed by atoms with E-state index in [1.54, 1.807) is 4.90 Å². The second kappa shape index (κ2) is 9.33. The van der Waals surface area contributed by atoms with Crippen LogP contribution in [-0.4, -0.2) is 53.6 Å². The fourth-order valence-electron chi connectivity index (χ4n) is 2.41. The van der Waals surface area contributed by atoms with Crippen molar-refractivity contribution in [2.45, 2.75) is 51.5 Å². The third-order valence-electron chi connectivity index (χ3n) is 3.56. The third-order valence-corrected chi connectivity index (χ3v) is 3.56. The molecule has 3 amide bonds. The number of imide groups is 1. The predicted octanol–water partition coefficient (Wildman–Crippen LogP) is 0.941. The second-order valence-electron chi connectivity index (χ2n) is 5.33. The van der Waals surface area contributed by atoms with Gasteiger partial charge in [0, 0.05) is 6.54 Å². The number of carboxylic acid groups (broad SMARTS) is 1. The van der Waals surface area contributed by atoms with Gasteiger partial charge in [-0.2, -0.15) is 0 Å². The Balaban J connectivity index is 2.43. The van der Waals surface area contributed by atoms with Gasteiger partial charge in [0.05, 0.1) is 6.54 Å². The van der Waals surface area contributed by atoms with Gasteiger partial charge in [0.1, 0.15) is 6.04 Å². The molecule has 3 N–H and O–H groups in total. The number of likely N-dealkylation sites (tertiary alicyclic amines) is 1. The topological polar surface area (TPSA) is 98.7 Å². The lowest BCUT2D eigenvalue weighted by atomic mass is 10.1. The van der Waals surface area contributed by atoms with E-state index in [9.17, 15) is 19.5 Å². The Morgan fingerprint density at radius 3 is 2.67 bits per heavy atom. The summed E-state index contributed by atoms with van der Waals surface area (Å²) in [4.78, 5) is 36.2. The zero-order chi connectivity index (χ0) is 15.7. The molecule has 0 aromatic rings. The van der Waals surface area contributed by atoms with Gasteiger partial charge < -0.3 is 10.4 Å². The van der Waals surface area contributed by atoms with E-state index in [-0.39, 0.29) is 6.54 Å². The molecule has 1 fully saturated rings. The van der Waals surface area contributed by atoms with Crippen LogP contribution >= 0.6 is 0 Å². The van der Waals surface area contributed by atoms with E-state index in [0.717, 1.165) is 32.1 Å². The second-order valence-corrected chi connectivity index (χ2v) is 5.33. The van der Waals surface area contributed by atoms with E-state index in [4.69, 9.17) is 0 Å². The summed E-state index contributed by atoms with van der Waals surface area (Å²) in [6.45, 7) is 3.05. The summed E-state index contributed by atoms with van der Waals surface area (Å²) in [5, 5.41) is 14.1. The lowest BCUT2D eigenvalue weighted by Gasteiger charge is -2.25. The normalized spacial score (nSPS) is 19.6. The Hall–Kier alpha value is -1.63. The molecule has 120 valence electrons. The first-order chi connectivity index (χ1) is 10.0. The maximum atomic E-state index is 11.8. The van der Waals surface area contributed by atoms with E-state index in [2.05, 4.69) is 10.6 Å². The molecule has 1 rings (SSSR count). The van der Waals surface area contributed by atoms with E-state index >= 15 is 0 Å². The minimum absolute atomic E-state index is 0.0574. The third kappa shape index (κ3) is 6.57. The molecule has 7 nitrogen and oxygen atoms in total. The smallest absolute Gasteiger partial charge is 0.321 e. The maximum absolute atomic E-state index is 11.8. The number of nitrogens with one attached hydrogen (secondary N) is 2. The SMILES string of the molecule is CCCCNC(=O)NC(=O)CN1CCCCCC1C(=O)O. The number of aliphatic carboxylic acids is 1. The zero-order valence-electron chi connectivity index (χ0n) is 12.6. The quantitative estimate of drug-likeness (QED) is 0.634. The molecule has 0 aromatic heterocycles. The summed E-state index contributed by atoms with van der Waals surface area (Å²) < 4.78 is 0. The van der Waals surface area contributed by atoms with Crippen LogP contribution < -0.4 is 10.6 Å². The Kier molecular flexibility index (Phi) is 7.74. The monoisotopic (exact) mass is 299 g/mol. The molecule has 1 heterocycles. The highest BCUT2D eigenvalue weighted by atomic mass is 16.4. The highest BCUT2D eigenvalue weighted by Gasteiger charge is 2.28. The molecule has 0 saturated carbocycles. The van der Waals surface area contributed by atoms with Crippen LogP contribution in [0.3, 0.4) is 0 Å². The van der Waals surface area contributed by atoms with Crippen molar-refractivity contribution in [1.29, 1.82) is 0 Å². The van der Waals surface area contributed by atoms with Crippen molar-refractivity contribution < 1.29 is 19.5 Å². The fraction of sp³-hybridized carbons (Fsp3) is 0.786. The van der Waals surface area contributed by atoms with Gasteiger partial charge in [-0.3, -0.25) is 19.8 Å². The minimum atomic E-state index is -0.905. The van der Waals surface area contributed by atoms with Crippen molar-refractivity contribution in [3.05, 3.63) is 0 Å². The van der Waals surface area contributed by atoms with E-state index in [0.29, 0.717) is 19.5 Å². The summed E-state index contributed by atoms with van der Waals surface area (Å²) in [6, 6.07) is -1.16. The van der Waals surface area contributed by atoms with E-state index < -0.39 is 23.9 Å². The number of nitrogens with zero attached hydrogens (tertiary/aromatic N) is 1. The molecule has 1 aliphatic rings. The highest BCUT2D eigenvalue weighted by Crippen LogP contribution is 2.16. The lowest BCUT2D eigenvalue weighted by molar-refractivity contribution is -0.143. The summed E-state index contributed by atoms with van der Waals surface area (Å²) in [7, 11) is 0. The van der Waals surface area contributed by atoms with Gasteiger partial charge in [0.2, 0.25) is 5.91 Å². The Morgan fingerprint density at radius 2 is 2.00 bits per heavy atom. The number of hydrogen-bond donors (Lipinski definition) is 3. The molecule has 7 heteroatoms. The van der Waals surface area contributed by atoms with Crippen molar-refractivity contribution in [2.75, 3.05) is 19.6 Å². The van der Waals surface area contributed by atoms with Gasteiger partial charge in [0.15, 0.2) is 0 Å². The molecule has 0 radical (unpaired) electrons. The van der Waals surface area contributed by atoms with Crippen LogP contribution in [-0.2, 0) is 9.59 Å². The van der Waals surface area contributed by atoms with E-state index in [1.165, 1.54) is 0 Å². The maximum Gasteiger partial charge on any atom is 0.321 e. The van der Waals surface area contributed by atoms with Gasteiger partial charge in [0.25, 0.3) is 0 Å². The first-order valence-corrected chi connectivity index (χ1v) is 7.59. The average Bonchev–Trinajstić information content (AvgIpc) is 2.64. The van der Waals surface area contributed by atoms with Crippen molar-refractivity contribution in [1.82, 2.24) is 15.5 Å². The van der Waals surface area contributed by atoms with Crippen LogP contribution in [0.5, 0.6) is 0 Å². The van der Waals surface area contributed by atoms with Gasteiger partial charge >= 0.3 is 12.0 Å². The van der Waals surface area contributed by atoms with Crippen LogP contribution in [0.4, 0.5) is 4.79 Å². The number of carboxylic acids is 1. The average molecular weight is 299 g/mol. The minimum Gasteiger partial charge on any atom is -0.480 e. The highest BCUT2D eigenvalue weighted by molar-refractivity contribution is 5.95. The first-order valence-electron chi connectivity index (χ1n) is 7.59. The molecular weight excluding hydrogens is 274 g/mol. The molecule has 0 aromatic carbocycles. The van der Waals surface area contributed by atoms with Gasteiger partial charge in [-0.25, -0.2) is 4.79 Å². The summed E-state index contributed by atoms with van der Waals surface area (Å²) in [5.74, 6) is -1.37. The largest absolute Gasteiger partial charge is 0.480 e. The van der Waals surface area contributed by atoms with Crippen LogP contribution in [0.1, 0.15) is 45.4 Å². The molecule has 1 atom stereocenters. The molecule has 1 aliphatic heterocycles. The Labute approximate surface area is 125 Å². The summed E-state index contributed by atoms with van der Waals surface area (Å²) in [6.07, 6.45) is 5.06. The Morgan fingerprint density at radius 1 is 1.24 bits per heavy atom. The number of carbonyl (C=O) groups is 3. The molecule has 0 spiro atoms. The van der Waals surface area contributed by atoms with Crippen LogP contribution in [0.25, 0.3) is 0 Å². The Bertz CT molecular complexity index is 373. The number of carbonyl (C=O) groups excluding carboxylic acids is 2.